The highest BCUT2D eigenvalue weighted by Gasteiger charge is 2.53. The van der Waals surface area contributed by atoms with E-state index in [1.165, 1.54) is 0 Å². The average Bonchev–Trinajstić information content (AvgIpc) is 2.34. The zero-order chi connectivity index (χ0) is 18.0. The first-order chi connectivity index (χ1) is 9.89. The van der Waals surface area contributed by atoms with Crippen molar-refractivity contribution >= 4 is 24.6 Å². The topological polar surface area (TPSA) is 168 Å². The summed E-state index contributed by atoms with van der Waals surface area (Å²) < 4.78 is 53.5. The molecule has 1 aliphatic heterocycles. The minimum atomic E-state index is -2.23. The van der Waals surface area contributed by atoms with E-state index in [1.54, 1.807) is 0 Å². The van der Waals surface area contributed by atoms with Gasteiger partial charge in [0.2, 0.25) is 0 Å². The van der Waals surface area contributed by atoms with E-state index in [4.69, 9.17) is 30.0 Å². The third kappa shape index (κ3) is 10.0. The number of rotatable bonds is 0. The molecule has 4 N–H and O–H groups in total. The van der Waals surface area contributed by atoms with Gasteiger partial charge in [-0.1, -0.05) is 0 Å². The molecule has 0 radical (unpaired) electrons. The summed E-state index contributed by atoms with van der Waals surface area (Å²) >= 11 is 0. The van der Waals surface area contributed by atoms with Crippen LogP contribution in [0.4, 0.5) is 36.7 Å². The Labute approximate surface area is 117 Å². The number of carbonyl (C=O) groups excluding carboxylic acids is 2. The van der Waals surface area contributed by atoms with E-state index in [-0.39, 0.29) is 0 Å². The smallest absolute Gasteiger partial charge is 0.450 e. The largest absolute Gasteiger partial charge is 0.528 e. The Morgan fingerprint density at radius 1 is 0.682 bits per heavy atom. The lowest BCUT2D eigenvalue weighted by Gasteiger charge is -2.31. The monoisotopic (exact) mass is 340 g/mol. The lowest BCUT2D eigenvalue weighted by atomic mass is 9.90. The van der Waals surface area contributed by atoms with Crippen molar-refractivity contribution in [2.24, 2.45) is 0 Å². The summed E-state index contributed by atoms with van der Waals surface area (Å²) in [6, 6.07) is 0. The van der Waals surface area contributed by atoms with Gasteiger partial charge < -0.3 is 29.9 Å². The van der Waals surface area contributed by atoms with Crippen LogP contribution in [-0.4, -0.2) is 69.7 Å². The number of hydrogen-bond donors (Lipinski definition) is 4. The Morgan fingerprint density at radius 2 is 0.818 bits per heavy atom. The Balaban J connectivity index is 0. The molecule has 128 valence electrons. The quantitative estimate of drug-likeness (QED) is 0.291. The molecule has 2 fully saturated rings. The predicted molar refractivity (Wildman–Crippen MR) is 53.9 cm³/mol. The molecule has 0 aromatic rings. The van der Waals surface area contributed by atoms with E-state index in [1.807, 2.05) is 0 Å². The number of carboxylic acid groups (broad SMARTS) is 4. The first-order valence-corrected chi connectivity index (χ1v) is 4.73. The molecule has 22 heavy (non-hydrogen) atoms. The lowest BCUT2D eigenvalue weighted by Crippen LogP contribution is -2.54. The van der Waals surface area contributed by atoms with E-state index in [0.29, 0.717) is 0 Å². The normalized spacial score (nSPS) is 27.3. The van der Waals surface area contributed by atoms with Crippen LogP contribution in [0.1, 0.15) is 0 Å². The number of halogens is 4. The molecular formula is C8H8F4O10. The molecule has 10 nitrogen and oxygen atoms in total. The van der Waals surface area contributed by atoms with Gasteiger partial charge in [-0.2, -0.15) is 0 Å². The first-order valence-electron chi connectivity index (χ1n) is 4.73. The molecule has 1 aliphatic carbocycles. The maximum Gasteiger partial charge on any atom is 0.528 e. The summed E-state index contributed by atoms with van der Waals surface area (Å²) in [4.78, 5) is 36.0. The third-order valence-corrected chi connectivity index (χ3v) is 1.55. The van der Waals surface area contributed by atoms with Crippen molar-refractivity contribution in [1.82, 2.24) is 0 Å². The molecule has 1 saturated heterocycles. The summed E-state index contributed by atoms with van der Waals surface area (Å²) in [5.41, 5.74) is 0. The molecule has 0 aromatic carbocycles. The number of ether oxygens (including phenoxy) is 2. The minimum Gasteiger partial charge on any atom is -0.450 e. The van der Waals surface area contributed by atoms with E-state index >= 15 is 0 Å². The van der Waals surface area contributed by atoms with E-state index in [2.05, 4.69) is 9.47 Å². The fourth-order valence-corrected chi connectivity index (χ4v) is 0.701. The van der Waals surface area contributed by atoms with Crippen LogP contribution in [0.2, 0.25) is 0 Å². The van der Waals surface area contributed by atoms with Gasteiger partial charge in [-0.05, 0) is 0 Å². The SMILES string of the molecule is FC1C(F)C(F)C1F.O=C(O)O.O=C(O)O.O=C1OC(=O)O1. The highest BCUT2D eigenvalue weighted by Crippen LogP contribution is 2.33. The number of carbonyl (C=O) groups is 4. The van der Waals surface area contributed by atoms with Crippen LogP contribution in [0.5, 0.6) is 0 Å². The maximum absolute atomic E-state index is 11.6. The van der Waals surface area contributed by atoms with Crippen LogP contribution >= 0.6 is 0 Å². The summed E-state index contributed by atoms with van der Waals surface area (Å²) in [7, 11) is 0. The van der Waals surface area contributed by atoms with Gasteiger partial charge in [-0.15, -0.1) is 0 Å². The fourth-order valence-electron chi connectivity index (χ4n) is 0.701. The predicted octanol–water partition coefficient (Wildman–Crippen LogP) is 2.07. The second-order valence-electron chi connectivity index (χ2n) is 3.05. The van der Waals surface area contributed by atoms with Crippen molar-refractivity contribution in [3.63, 3.8) is 0 Å². The Hall–Kier alpha value is -2.80. The van der Waals surface area contributed by atoms with Crippen molar-refractivity contribution in [3.05, 3.63) is 0 Å². The van der Waals surface area contributed by atoms with E-state index in [0.717, 1.165) is 0 Å². The van der Waals surface area contributed by atoms with Crippen molar-refractivity contribution in [2.75, 3.05) is 0 Å². The van der Waals surface area contributed by atoms with Crippen molar-refractivity contribution in [3.8, 4) is 0 Å². The highest BCUT2D eigenvalue weighted by molar-refractivity contribution is 5.93. The highest BCUT2D eigenvalue weighted by atomic mass is 19.2. The Kier molecular flexibility index (Phi) is 9.77. The van der Waals surface area contributed by atoms with Gasteiger partial charge in [0.1, 0.15) is 0 Å². The number of alkyl halides is 4. The molecule has 0 atom stereocenters. The van der Waals surface area contributed by atoms with Crippen LogP contribution < -0.4 is 0 Å². The van der Waals surface area contributed by atoms with Crippen LogP contribution in [0, 0.1) is 0 Å². The fraction of sp³-hybridized carbons (Fsp3) is 0.500. The molecule has 0 spiro atoms. The average molecular weight is 340 g/mol. The van der Waals surface area contributed by atoms with E-state index < -0.39 is 49.3 Å². The molecular weight excluding hydrogens is 332 g/mol. The molecule has 1 saturated carbocycles. The summed E-state index contributed by atoms with van der Waals surface area (Å²) in [6.45, 7) is 0. The minimum absolute atomic E-state index is 0.917. The van der Waals surface area contributed by atoms with Crippen LogP contribution in [-0.2, 0) is 9.47 Å². The van der Waals surface area contributed by atoms with Crippen LogP contribution in [0.25, 0.3) is 0 Å². The summed E-state index contributed by atoms with van der Waals surface area (Å²) in [5, 5.41) is 27.9. The second-order valence-corrected chi connectivity index (χ2v) is 3.05. The molecule has 14 heteroatoms. The van der Waals surface area contributed by atoms with Gasteiger partial charge >= 0.3 is 24.6 Å². The molecule has 0 aromatic heterocycles. The van der Waals surface area contributed by atoms with E-state index in [9.17, 15) is 27.2 Å². The maximum atomic E-state index is 11.6. The zero-order valence-corrected chi connectivity index (χ0v) is 10.1. The molecule has 0 bridgehead atoms. The van der Waals surface area contributed by atoms with Gasteiger partial charge in [0.05, 0.1) is 0 Å². The van der Waals surface area contributed by atoms with Crippen molar-refractivity contribution in [2.45, 2.75) is 24.7 Å². The molecule has 0 amide bonds. The molecule has 0 unspecified atom stereocenters. The molecule has 2 aliphatic rings. The zero-order valence-electron chi connectivity index (χ0n) is 10.1. The third-order valence-electron chi connectivity index (χ3n) is 1.55. The van der Waals surface area contributed by atoms with Gasteiger partial charge in [0.15, 0.2) is 24.7 Å². The summed E-state index contributed by atoms with van der Waals surface area (Å²) in [6.07, 6.45) is -14.4. The van der Waals surface area contributed by atoms with Crippen molar-refractivity contribution in [1.29, 1.82) is 0 Å². The number of cyclic esters (lactones) is 4. The van der Waals surface area contributed by atoms with Crippen molar-refractivity contribution < 1.29 is 66.6 Å². The number of hydrogen-bond acceptors (Lipinski definition) is 6. The standard InChI is InChI=1S/C4H4F4.C2O4.2CH2O3/c5-1-2(6)4(8)3(1)7;3-1-5-2(4)6-1;2*2-1(3)4/h1-4H;;2*(H2,2,3,4). The molecule has 1 heterocycles. The van der Waals surface area contributed by atoms with Crippen LogP contribution in [0.15, 0.2) is 0 Å². The van der Waals surface area contributed by atoms with Gasteiger partial charge in [0, 0.05) is 0 Å². The Bertz CT molecular complexity index is 342. The van der Waals surface area contributed by atoms with Gasteiger partial charge in [-0.3, -0.25) is 0 Å². The van der Waals surface area contributed by atoms with Gasteiger partial charge in [-0.25, -0.2) is 36.7 Å². The molecule has 2 rings (SSSR count). The second kappa shape index (κ2) is 10.0. The first kappa shape index (κ1) is 21.5. The Morgan fingerprint density at radius 3 is 0.864 bits per heavy atom. The lowest BCUT2D eigenvalue weighted by molar-refractivity contribution is -0.0969. The van der Waals surface area contributed by atoms with Gasteiger partial charge in [0.25, 0.3) is 0 Å². The summed E-state index contributed by atoms with van der Waals surface area (Å²) in [5.74, 6) is 0. The van der Waals surface area contributed by atoms with Crippen LogP contribution in [0.3, 0.4) is 0 Å².